The van der Waals surface area contributed by atoms with Gasteiger partial charge in [0.05, 0.1) is 14.8 Å². The number of piperidine rings is 2. The molecule has 82 heavy (non-hydrogen) atoms. The Morgan fingerprint density at radius 2 is 0.878 bits per heavy atom. The summed E-state index contributed by atoms with van der Waals surface area (Å²) in [5.74, 6) is 0.107. The van der Waals surface area contributed by atoms with Crippen molar-refractivity contribution in [3.8, 4) is 0 Å². The minimum atomic E-state index is -4.82. The van der Waals surface area contributed by atoms with Crippen LogP contribution in [0.2, 0.25) is 0 Å². The SMILES string of the molecule is CC(C)(C)c1ccc(N2CCN(CCCC(=O)N3CCC(Nc4ccc([N+](=O)[O-])c(C(F)(F)F)c4)CC3)CC2)cc1.CC(C)(C)c1ccc(N2CCN(CCCC(=S)N3CCC(Nc4ccc([N+](=O)[O-])c(C(F)(F)F)c4)CC3)CC2)cc1. The molecule has 0 aliphatic carbocycles. The van der Waals surface area contributed by atoms with Gasteiger partial charge < -0.3 is 30.2 Å². The van der Waals surface area contributed by atoms with E-state index in [1.807, 2.05) is 4.90 Å². The monoisotopic (exact) mass is 1170 g/mol. The fourth-order valence-electron chi connectivity index (χ4n) is 11.1. The Kier molecular flexibility index (Phi) is 21.2. The van der Waals surface area contributed by atoms with Crippen molar-refractivity contribution in [1.82, 2.24) is 19.6 Å². The summed E-state index contributed by atoms with van der Waals surface area (Å²) in [6.07, 6.45) is -3.83. The van der Waals surface area contributed by atoms with Crippen molar-refractivity contribution >= 4 is 57.2 Å². The van der Waals surface area contributed by atoms with E-state index in [9.17, 15) is 51.4 Å². The molecule has 0 bridgehead atoms. The highest BCUT2D eigenvalue weighted by atomic mass is 32.1. The zero-order valence-corrected chi connectivity index (χ0v) is 48.9. The number of halogens is 6. The van der Waals surface area contributed by atoms with Crippen LogP contribution in [-0.2, 0) is 28.0 Å². The smallest absolute Gasteiger partial charge is 0.382 e. The zero-order chi connectivity index (χ0) is 59.6. The second-order valence-electron chi connectivity index (χ2n) is 24.0. The number of hydrogen-bond acceptors (Lipinski definition) is 12. The second kappa shape index (κ2) is 27.4. The number of nitro benzene ring substituents is 2. The molecule has 4 saturated heterocycles. The molecule has 0 atom stereocenters. The molecular formula is C60H80F6N10O5S. The molecule has 15 nitrogen and oxygen atoms in total. The lowest BCUT2D eigenvalue weighted by atomic mass is 9.87. The fourth-order valence-corrected chi connectivity index (χ4v) is 11.4. The minimum Gasteiger partial charge on any atom is -0.382 e. The van der Waals surface area contributed by atoms with E-state index in [1.165, 1.54) is 34.6 Å². The van der Waals surface area contributed by atoms with Gasteiger partial charge in [-0.05, 0) is 129 Å². The van der Waals surface area contributed by atoms with Crippen LogP contribution in [0.15, 0.2) is 84.9 Å². The Hall–Kier alpha value is -6.26. The first-order valence-electron chi connectivity index (χ1n) is 28.6. The summed E-state index contributed by atoms with van der Waals surface area (Å²) >= 11 is 5.71. The lowest BCUT2D eigenvalue weighted by Crippen LogP contribution is -2.47. The number of nitro groups is 2. The first kappa shape index (κ1) is 63.3. The van der Waals surface area contributed by atoms with Crippen LogP contribution in [0.25, 0.3) is 0 Å². The van der Waals surface area contributed by atoms with Crippen molar-refractivity contribution in [3.05, 3.63) is 127 Å². The third-order valence-electron chi connectivity index (χ3n) is 16.1. The quantitative estimate of drug-likeness (QED) is 0.0475. The number of likely N-dealkylation sites (tertiary alicyclic amines) is 2. The summed E-state index contributed by atoms with van der Waals surface area (Å²) in [6, 6.07) is 23.7. The third-order valence-corrected chi connectivity index (χ3v) is 16.6. The zero-order valence-electron chi connectivity index (χ0n) is 48.1. The largest absolute Gasteiger partial charge is 0.423 e. The number of amides is 1. The van der Waals surface area contributed by atoms with Crippen LogP contribution >= 0.6 is 12.2 Å². The molecule has 4 aliphatic heterocycles. The molecule has 4 heterocycles. The summed E-state index contributed by atoms with van der Waals surface area (Å²) in [5.41, 5.74) is 1.54. The van der Waals surface area contributed by atoms with Gasteiger partial charge in [0.25, 0.3) is 11.4 Å². The molecule has 0 saturated carbocycles. The van der Waals surface area contributed by atoms with Crippen molar-refractivity contribution in [1.29, 1.82) is 0 Å². The van der Waals surface area contributed by atoms with Gasteiger partial charge in [0, 0.05) is 132 Å². The predicted molar refractivity (Wildman–Crippen MR) is 316 cm³/mol. The van der Waals surface area contributed by atoms with Gasteiger partial charge in [-0.15, -0.1) is 0 Å². The Bertz CT molecular complexity index is 2590. The van der Waals surface area contributed by atoms with Gasteiger partial charge in [-0.3, -0.25) is 34.8 Å². The highest BCUT2D eigenvalue weighted by molar-refractivity contribution is 7.80. The highest BCUT2D eigenvalue weighted by Gasteiger charge is 2.40. The number of hydrogen-bond donors (Lipinski definition) is 2. The summed E-state index contributed by atoms with van der Waals surface area (Å²) in [6.45, 7) is 25.7. The van der Waals surface area contributed by atoms with Crippen LogP contribution < -0.4 is 20.4 Å². The third kappa shape index (κ3) is 17.9. The Balaban J connectivity index is 0.000000236. The van der Waals surface area contributed by atoms with E-state index in [0.29, 0.717) is 32.4 Å². The second-order valence-corrected chi connectivity index (χ2v) is 24.5. The topological polar surface area (TPSA) is 147 Å². The number of alkyl halides is 6. The number of carbonyl (C=O) groups excluding carboxylic acids is 1. The summed E-state index contributed by atoms with van der Waals surface area (Å²) in [4.78, 5) is 47.5. The summed E-state index contributed by atoms with van der Waals surface area (Å²) < 4.78 is 79.7. The van der Waals surface area contributed by atoms with Crippen LogP contribution in [0.5, 0.6) is 0 Å². The Morgan fingerprint density at radius 1 is 0.524 bits per heavy atom. The standard InChI is InChI=1S/C30H40F3N5O3.C30H40F3N5O2S/c1-29(2,3)22-6-9-25(10-7-22)36-19-17-35(18-20-36)14-4-5-28(39)37-15-12-23(13-16-37)34-24-8-11-27(38(40)41)26(21-24)30(31,32)33;1-29(2,3)22-6-9-25(10-7-22)36-19-17-35(18-20-36)14-4-5-28(41)37-15-12-23(13-16-37)34-24-8-11-27(38(39)40)26(21-24)30(31,32)33/h2*6-11,21,23,34H,4-5,12-20H2,1-3H3. The van der Waals surface area contributed by atoms with Gasteiger partial charge in [0.15, 0.2) is 0 Å². The molecule has 0 spiro atoms. The maximum absolute atomic E-state index is 13.3. The average Bonchev–Trinajstić information content (AvgIpc) is 3.47. The van der Waals surface area contributed by atoms with Crippen LogP contribution in [0, 0.1) is 20.2 Å². The van der Waals surface area contributed by atoms with E-state index < -0.39 is 44.7 Å². The molecule has 4 aromatic rings. The van der Waals surface area contributed by atoms with Crippen LogP contribution in [0.4, 0.5) is 60.5 Å². The summed E-state index contributed by atoms with van der Waals surface area (Å²) in [5, 5.41) is 28.2. The van der Waals surface area contributed by atoms with E-state index in [-0.39, 0.29) is 40.2 Å². The first-order valence-corrected chi connectivity index (χ1v) is 29.0. The minimum absolute atomic E-state index is 0.0162. The number of nitrogens with one attached hydrogen (secondary N) is 2. The van der Waals surface area contributed by atoms with Gasteiger partial charge in [0.2, 0.25) is 5.91 Å². The van der Waals surface area contributed by atoms with E-state index >= 15 is 0 Å². The number of anilines is 4. The molecule has 8 rings (SSSR count). The molecule has 4 aliphatic rings. The lowest BCUT2D eigenvalue weighted by Gasteiger charge is -2.37. The normalized spacial score (nSPS) is 17.5. The maximum Gasteiger partial charge on any atom is 0.423 e. The molecular weight excluding hydrogens is 1090 g/mol. The van der Waals surface area contributed by atoms with Gasteiger partial charge in [-0.25, -0.2) is 0 Å². The molecule has 4 fully saturated rings. The van der Waals surface area contributed by atoms with E-state index in [4.69, 9.17) is 12.2 Å². The van der Waals surface area contributed by atoms with Crippen LogP contribution in [-0.4, -0.2) is 144 Å². The highest BCUT2D eigenvalue weighted by Crippen LogP contribution is 2.40. The number of nitrogens with zero attached hydrogens (tertiary/aromatic N) is 8. The van der Waals surface area contributed by atoms with Crippen molar-refractivity contribution in [2.24, 2.45) is 0 Å². The number of piperazine rings is 2. The molecule has 4 aromatic carbocycles. The van der Waals surface area contributed by atoms with Crippen molar-refractivity contribution in [3.63, 3.8) is 0 Å². The molecule has 0 radical (unpaired) electrons. The maximum atomic E-state index is 13.3. The van der Waals surface area contributed by atoms with E-state index in [0.717, 1.165) is 140 Å². The van der Waals surface area contributed by atoms with Crippen molar-refractivity contribution < 1.29 is 41.0 Å². The molecule has 448 valence electrons. The molecule has 2 N–H and O–H groups in total. The van der Waals surface area contributed by atoms with Gasteiger partial charge in [-0.2, -0.15) is 26.3 Å². The molecule has 0 unspecified atom stereocenters. The van der Waals surface area contributed by atoms with Gasteiger partial charge >= 0.3 is 12.4 Å². The number of benzene rings is 4. The van der Waals surface area contributed by atoms with Crippen LogP contribution in [0.3, 0.4) is 0 Å². The Labute approximate surface area is 483 Å². The first-order chi connectivity index (χ1) is 38.6. The Morgan fingerprint density at radius 3 is 1.22 bits per heavy atom. The van der Waals surface area contributed by atoms with Gasteiger partial charge in [0.1, 0.15) is 11.1 Å². The molecule has 22 heteroatoms. The molecule has 1 amide bonds. The van der Waals surface area contributed by atoms with Crippen LogP contribution in [0.1, 0.15) is 115 Å². The average molecular weight is 1170 g/mol. The lowest BCUT2D eigenvalue weighted by molar-refractivity contribution is -0.388. The van der Waals surface area contributed by atoms with Crippen molar-refractivity contribution in [2.75, 3.05) is 112 Å². The van der Waals surface area contributed by atoms with Gasteiger partial charge in [-0.1, -0.05) is 78.0 Å². The fraction of sp³-hybridized carbons (Fsp3) is 0.567. The van der Waals surface area contributed by atoms with Crippen molar-refractivity contribution in [2.45, 2.75) is 128 Å². The molecule has 0 aromatic heterocycles. The number of carbonyl (C=O) groups is 1. The number of thiocarbonyl (C=S) groups is 1. The summed E-state index contributed by atoms with van der Waals surface area (Å²) in [7, 11) is 0. The predicted octanol–water partition coefficient (Wildman–Crippen LogP) is 12.6. The number of rotatable bonds is 16. The van der Waals surface area contributed by atoms with E-state index in [1.54, 1.807) is 0 Å². The van der Waals surface area contributed by atoms with E-state index in [2.05, 4.69) is 125 Å².